The van der Waals surface area contributed by atoms with Crippen LogP contribution in [0.3, 0.4) is 0 Å². The molecule has 0 bridgehead atoms. The third kappa shape index (κ3) is 4.97. The van der Waals surface area contributed by atoms with Crippen molar-refractivity contribution in [2.75, 3.05) is 20.8 Å². The zero-order chi connectivity index (χ0) is 18.2. The van der Waals surface area contributed by atoms with E-state index >= 15 is 0 Å². The highest BCUT2D eigenvalue weighted by Crippen LogP contribution is 2.37. The average Bonchev–Trinajstić information content (AvgIpc) is 2.62. The number of aromatic hydroxyl groups is 1. The lowest BCUT2D eigenvalue weighted by atomic mass is 10.1. The minimum Gasteiger partial charge on any atom is -0.502 e. The molecule has 0 aliphatic rings. The number of rotatable bonds is 7. The lowest BCUT2D eigenvalue weighted by Crippen LogP contribution is -2.05. The monoisotopic (exact) mass is 346 g/mol. The first-order valence-electron chi connectivity index (χ1n) is 7.58. The van der Waals surface area contributed by atoms with E-state index in [4.69, 9.17) is 14.2 Å². The third-order valence-electron chi connectivity index (χ3n) is 3.49. The number of halogens is 1. The van der Waals surface area contributed by atoms with Gasteiger partial charge in [0, 0.05) is 12.5 Å². The number of phenols is 1. The van der Waals surface area contributed by atoms with Crippen LogP contribution in [-0.4, -0.2) is 31.9 Å². The number of ether oxygens (including phenoxy) is 3. The Kier molecular flexibility index (Phi) is 6.39. The van der Waals surface area contributed by atoms with Gasteiger partial charge in [0.1, 0.15) is 5.82 Å². The standard InChI is InChI=1S/C19H19FO5/c1-23-16-11-13(12-17(24-2)19(16)22)7-8-18(21)25-10-9-14-5-3-4-6-15(14)20/h3-8,11-12,22H,9-10H2,1-2H3/b8-7+. The second kappa shape index (κ2) is 8.73. The van der Waals surface area contributed by atoms with Crippen LogP contribution in [0.4, 0.5) is 4.39 Å². The van der Waals surface area contributed by atoms with Gasteiger partial charge < -0.3 is 19.3 Å². The second-order valence-corrected chi connectivity index (χ2v) is 5.12. The molecule has 0 fully saturated rings. The maximum absolute atomic E-state index is 13.5. The molecule has 0 aromatic heterocycles. The fraction of sp³-hybridized carbons (Fsp3) is 0.211. The van der Waals surface area contributed by atoms with E-state index in [0.717, 1.165) is 0 Å². The summed E-state index contributed by atoms with van der Waals surface area (Å²) in [6, 6.07) is 9.46. The van der Waals surface area contributed by atoms with Crippen molar-refractivity contribution in [2.24, 2.45) is 0 Å². The molecule has 2 rings (SSSR count). The Bertz CT molecular complexity index is 745. The first kappa shape index (κ1) is 18.3. The summed E-state index contributed by atoms with van der Waals surface area (Å²) < 4.78 is 28.6. The minimum absolute atomic E-state index is 0.0757. The number of methoxy groups -OCH3 is 2. The fourth-order valence-electron chi connectivity index (χ4n) is 2.19. The second-order valence-electron chi connectivity index (χ2n) is 5.12. The van der Waals surface area contributed by atoms with E-state index in [1.165, 1.54) is 32.4 Å². The Morgan fingerprint density at radius 2 is 1.80 bits per heavy atom. The van der Waals surface area contributed by atoms with Crippen LogP contribution >= 0.6 is 0 Å². The zero-order valence-corrected chi connectivity index (χ0v) is 14.0. The Morgan fingerprint density at radius 3 is 2.40 bits per heavy atom. The maximum Gasteiger partial charge on any atom is 0.330 e. The smallest absolute Gasteiger partial charge is 0.330 e. The molecule has 0 amide bonds. The molecule has 6 heteroatoms. The number of hydrogen-bond acceptors (Lipinski definition) is 5. The van der Waals surface area contributed by atoms with Crippen LogP contribution < -0.4 is 9.47 Å². The van der Waals surface area contributed by atoms with Gasteiger partial charge >= 0.3 is 5.97 Å². The third-order valence-corrected chi connectivity index (χ3v) is 3.49. The lowest BCUT2D eigenvalue weighted by Gasteiger charge is -2.09. The highest BCUT2D eigenvalue weighted by Gasteiger charge is 2.10. The Labute approximate surface area is 145 Å². The highest BCUT2D eigenvalue weighted by atomic mass is 19.1. The lowest BCUT2D eigenvalue weighted by molar-refractivity contribution is -0.137. The SMILES string of the molecule is COc1cc(/C=C/C(=O)OCCc2ccccc2F)cc(OC)c1O. The van der Waals surface area contributed by atoms with E-state index in [1.807, 2.05) is 0 Å². The van der Waals surface area contributed by atoms with Crippen molar-refractivity contribution in [3.05, 3.63) is 59.4 Å². The number of benzene rings is 2. The van der Waals surface area contributed by atoms with Crippen molar-refractivity contribution in [3.63, 3.8) is 0 Å². The molecule has 0 spiro atoms. The first-order valence-corrected chi connectivity index (χ1v) is 7.58. The molecule has 0 radical (unpaired) electrons. The number of carbonyl (C=O) groups is 1. The molecular weight excluding hydrogens is 327 g/mol. The molecule has 25 heavy (non-hydrogen) atoms. The topological polar surface area (TPSA) is 65.0 Å². The van der Waals surface area contributed by atoms with Gasteiger partial charge in [-0.2, -0.15) is 0 Å². The summed E-state index contributed by atoms with van der Waals surface area (Å²) in [6.07, 6.45) is 3.05. The van der Waals surface area contributed by atoms with Gasteiger partial charge in [-0.15, -0.1) is 0 Å². The van der Waals surface area contributed by atoms with Crippen molar-refractivity contribution >= 4 is 12.0 Å². The van der Waals surface area contributed by atoms with E-state index in [9.17, 15) is 14.3 Å². The number of carbonyl (C=O) groups excluding carboxylic acids is 1. The van der Waals surface area contributed by atoms with E-state index in [0.29, 0.717) is 17.5 Å². The molecule has 0 aliphatic carbocycles. The normalized spacial score (nSPS) is 10.7. The van der Waals surface area contributed by atoms with Crippen LogP contribution in [0.1, 0.15) is 11.1 Å². The van der Waals surface area contributed by atoms with Crippen molar-refractivity contribution in [1.29, 1.82) is 0 Å². The van der Waals surface area contributed by atoms with Crippen molar-refractivity contribution < 1.29 is 28.5 Å². The van der Waals surface area contributed by atoms with Gasteiger partial charge in [-0.05, 0) is 35.4 Å². The summed E-state index contributed by atoms with van der Waals surface area (Å²) in [6.45, 7) is 0.0757. The minimum atomic E-state index is -0.553. The first-order chi connectivity index (χ1) is 12.0. The van der Waals surface area contributed by atoms with Gasteiger partial charge in [-0.25, -0.2) is 9.18 Å². The molecule has 0 saturated carbocycles. The van der Waals surface area contributed by atoms with Crippen LogP contribution in [-0.2, 0) is 16.0 Å². The van der Waals surface area contributed by atoms with Crippen LogP contribution in [0.5, 0.6) is 17.2 Å². The summed E-state index contributed by atoms with van der Waals surface area (Å²) in [7, 11) is 2.83. The molecule has 0 heterocycles. The molecular formula is C19H19FO5. The van der Waals surface area contributed by atoms with Crippen LogP contribution in [0.2, 0.25) is 0 Å². The summed E-state index contributed by atoms with van der Waals surface area (Å²) in [5, 5.41) is 9.84. The largest absolute Gasteiger partial charge is 0.502 e. The van der Waals surface area contributed by atoms with E-state index in [1.54, 1.807) is 30.3 Å². The van der Waals surface area contributed by atoms with Crippen LogP contribution in [0.25, 0.3) is 6.08 Å². The van der Waals surface area contributed by atoms with Crippen molar-refractivity contribution in [2.45, 2.75) is 6.42 Å². The van der Waals surface area contributed by atoms with E-state index in [-0.39, 0.29) is 29.7 Å². The maximum atomic E-state index is 13.5. The van der Waals surface area contributed by atoms with Crippen molar-refractivity contribution in [3.8, 4) is 17.2 Å². The number of hydrogen-bond donors (Lipinski definition) is 1. The number of phenolic OH excluding ortho intramolecular Hbond substituents is 1. The van der Waals surface area contributed by atoms with E-state index < -0.39 is 5.97 Å². The molecule has 0 atom stereocenters. The predicted octanol–water partition coefficient (Wildman–Crippen LogP) is 3.35. The Hall–Kier alpha value is -3.02. The molecule has 1 N–H and O–H groups in total. The van der Waals surface area contributed by atoms with Gasteiger partial charge in [0.2, 0.25) is 5.75 Å². The molecule has 0 unspecified atom stereocenters. The summed E-state index contributed by atoms with van der Waals surface area (Å²) in [5.41, 5.74) is 1.09. The van der Waals surface area contributed by atoms with Gasteiger partial charge in [0.05, 0.1) is 20.8 Å². The number of esters is 1. The van der Waals surface area contributed by atoms with Gasteiger partial charge in [-0.1, -0.05) is 18.2 Å². The average molecular weight is 346 g/mol. The molecule has 0 saturated heterocycles. The van der Waals surface area contributed by atoms with Crippen LogP contribution in [0.15, 0.2) is 42.5 Å². The molecule has 5 nitrogen and oxygen atoms in total. The molecule has 2 aromatic rings. The molecule has 132 valence electrons. The summed E-state index contributed by atoms with van der Waals surface area (Å²) >= 11 is 0. The van der Waals surface area contributed by atoms with Gasteiger partial charge in [0.15, 0.2) is 11.5 Å². The van der Waals surface area contributed by atoms with Crippen molar-refractivity contribution in [1.82, 2.24) is 0 Å². The van der Waals surface area contributed by atoms with Gasteiger partial charge in [-0.3, -0.25) is 0 Å². The van der Waals surface area contributed by atoms with E-state index in [2.05, 4.69) is 0 Å². The zero-order valence-electron chi connectivity index (χ0n) is 14.0. The highest BCUT2D eigenvalue weighted by molar-refractivity contribution is 5.87. The quantitative estimate of drug-likeness (QED) is 0.615. The molecule has 2 aromatic carbocycles. The Balaban J connectivity index is 1.95. The molecule has 0 aliphatic heterocycles. The fourth-order valence-corrected chi connectivity index (χ4v) is 2.19. The Morgan fingerprint density at radius 1 is 1.16 bits per heavy atom. The van der Waals surface area contributed by atoms with Crippen LogP contribution in [0, 0.1) is 5.82 Å². The summed E-state index contributed by atoms with van der Waals surface area (Å²) in [5.74, 6) is -0.534. The van der Waals surface area contributed by atoms with Gasteiger partial charge in [0.25, 0.3) is 0 Å². The predicted molar refractivity (Wildman–Crippen MR) is 91.3 cm³/mol. The summed E-state index contributed by atoms with van der Waals surface area (Å²) in [4.78, 5) is 11.8.